The van der Waals surface area contributed by atoms with Crippen molar-refractivity contribution in [2.24, 2.45) is 0 Å². The molecule has 5 rings (SSSR count). The number of hydrogen-bond donors (Lipinski definition) is 5. The number of phenols is 2. The van der Waals surface area contributed by atoms with Crippen molar-refractivity contribution in [3.63, 3.8) is 0 Å². The quantitative estimate of drug-likeness (QED) is 0.204. The predicted octanol–water partition coefficient (Wildman–Crippen LogP) is 0.116. The van der Waals surface area contributed by atoms with Crippen LogP contribution in [0.1, 0.15) is 6.92 Å². The molecule has 5 N–H and O–H groups in total. The normalized spacial score (nSPS) is 25.8. The molecular formula is C21H18O12. The Morgan fingerprint density at radius 3 is 2.15 bits per heavy atom. The van der Waals surface area contributed by atoms with Crippen LogP contribution in [0.15, 0.2) is 30.6 Å². The molecule has 2 aromatic carbocycles. The van der Waals surface area contributed by atoms with Gasteiger partial charge in [-0.25, -0.2) is 9.59 Å². The standard InChI is InChI=1S/C21H18O12/c1-5-12(23)14(25)15(26)21(30-5)33-16-8(22)3-6-11-10-7(20(28)32-18(11)16)4-9(29-2)13(24)17(10)31-19(6)27/h3-5,12,14-15,21-26H,1-2H3. The molecular weight excluding hydrogens is 444 g/mol. The second-order valence-corrected chi connectivity index (χ2v) is 7.73. The first-order chi connectivity index (χ1) is 15.6. The molecule has 5 atom stereocenters. The average molecular weight is 462 g/mol. The highest BCUT2D eigenvalue weighted by Crippen LogP contribution is 2.45. The van der Waals surface area contributed by atoms with E-state index in [1.54, 1.807) is 0 Å². The maximum absolute atomic E-state index is 12.8. The van der Waals surface area contributed by atoms with Crippen LogP contribution in [0.3, 0.4) is 0 Å². The topological polar surface area (TPSA) is 189 Å². The summed E-state index contributed by atoms with van der Waals surface area (Å²) in [6, 6.07) is 2.22. The van der Waals surface area contributed by atoms with Crippen LogP contribution < -0.4 is 20.7 Å². The van der Waals surface area contributed by atoms with Gasteiger partial charge < -0.3 is 48.6 Å². The number of aliphatic hydroxyl groups is 3. The molecule has 2 aromatic heterocycles. The summed E-state index contributed by atoms with van der Waals surface area (Å²) in [5.41, 5.74) is -2.59. The van der Waals surface area contributed by atoms with E-state index in [0.717, 1.165) is 6.07 Å². The van der Waals surface area contributed by atoms with Gasteiger partial charge in [0.25, 0.3) is 0 Å². The van der Waals surface area contributed by atoms with E-state index in [2.05, 4.69) is 0 Å². The van der Waals surface area contributed by atoms with E-state index in [1.807, 2.05) is 0 Å². The predicted molar refractivity (Wildman–Crippen MR) is 110 cm³/mol. The lowest BCUT2D eigenvalue weighted by Crippen LogP contribution is -2.58. The first-order valence-electron chi connectivity index (χ1n) is 9.79. The fourth-order valence-electron chi connectivity index (χ4n) is 4.06. The number of rotatable bonds is 3. The van der Waals surface area contributed by atoms with Crippen LogP contribution in [-0.4, -0.2) is 63.3 Å². The Labute approximate surface area is 182 Å². The third-order valence-electron chi connectivity index (χ3n) is 5.78. The fourth-order valence-corrected chi connectivity index (χ4v) is 4.06. The smallest absolute Gasteiger partial charge is 0.344 e. The van der Waals surface area contributed by atoms with Crippen molar-refractivity contribution >= 4 is 32.7 Å². The second-order valence-electron chi connectivity index (χ2n) is 7.73. The minimum Gasteiger partial charge on any atom is -0.504 e. The highest BCUT2D eigenvalue weighted by Gasteiger charge is 2.44. The van der Waals surface area contributed by atoms with Crippen LogP contribution in [0.2, 0.25) is 0 Å². The Hall–Kier alpha value is -3.58. The van der Waals surface area contributed by atoms with Crippen molar-refractivity contribution in [3.8, 4) is 23.0 Å². The van der Waals surface area contributed by atoms with Crippen LogP contribution in [-0.2, 0) is 4.74 Å². The van der Waals surface area contributed by atoms with Crippen molar-refractivity contribution in [2.75, 3.05) is 7.11 Å². The number of ether oxygens (including phenoxy) is 3. The van der Waals surface area contributed by atoms with E-state index in [9.17, 15) is 35.1 Å². The molecule has 174 valence electrons. The van der Waals surface area contributed by atoms with Crippen molar-refractivity contribution in [1.82, 2.24) is 0 Å². The molecule has 1 fully saturated rings. The molecule has 4 aromatic rings. The van der Waals surface area contributed by atoms with Crippen LogP contribution in [0.25, 0.3) is 32.7 Å². The van der Waals surface area contributed by atoms with E-state index >= 15 is 0 Å². The molecule has 0 saturated carbocycles. The second kappa shape index (κ2) is 7.22. The Kier molecular flexibility index (Phi) is 4.65. The number of methoxy groups -OCH3 is 1. The van der Waals surface area contributed by atoms with Crippen LogP contribution in [0.4, 0.5) is 0 Å². The molecule has 3 heterocycles. The first kappa shape index (κ1) is 21.3. The number of aromatic hydroxyl groups is 2. The van der Waals surface area contributed by atoms with Crippen LogP contribution in [0.5, 0.6) is 23.0 Å². The zero-order valence-corrected chi connectivity index (χ0v) is 17.1. The maximum atomic E-state index is 12.8. The van der Waals surface area contributed by atoms with Crippen molar-refractivity contribution < 1.29 is 48.6 Å². The summed E-state index contributed by atoms with van der Waals surface area (Å²) in [6.07, 6.45) is -7.25. The molecule has 12 nitrogen and oxygen atoms in total. The minimum absolute atomic E-state index is 0.000494. The maximum Gasteiger partial charge on any atom is 0.344 e. The lowest BCUT2D eigenvalue weighted by molar-refractivity contribution is -0.268. The third-order valence-corrected chi connectivity index (χ3v) is 5.78. The van der Waals surface area contributed by atoms with Gasteiger partial charge in [0.05, 0.1) is 24.0 Å². The van der Waals surface area contributed by atoms with Gasteiger partial charge in [0, 0.05) is 10.8 Å². The fraction of sp³-hybridized carbons (Fsp3) is 0.333. The molecule has 5 unspecified atom stereocenters. The molecule has 33 heavy (non-hydrogen) atoms. The summed E-state index contributed by atoms with van der Waals surface area (Å²) in [5.74, 6) is -1.77. The molecule has 0 amide bonds. The van der Waals surface area contributed by atoms with E-state index < -0.39 is 59.2 Å². The van der Waals surface area contributed by atoms with E-state index in [-0.39, 0.29) is 38.5 Å². The lowest BCUT2D eigenvalue weighted by atomic mass is 9.99. The monoisotopic (exact) mass is 462 g/mol. The summed E-state index contributed by atoms with van der Waals surface area (Å²) in [7, 11) is 1.25. The van der Waals surface area contributed by atoms with Crippen LogP contribution in [0, 0.1) is 0 Å². The van der Waals surface area contributed by atoms with E-state index in [4.69, 9.17) is 23.0 Å². The van der Waals surface area contributed by atoms with E-state index in [0.29, 0.717) is 0 Å². The summed E-state index contributed by atoms with van der Waals surface area (Å²) in [5, 5.41) is 51.0. The molecule has 1 aliphatic heterocycles. The zero-order chi connectivity index (χ0) is 23.8. The molecule has 0 radical (unpaired) electrons. The van der Waals surface area contributed by atoms with Gasteiger partial charge in [0.1, 0.15) is 18.3 Å². The van der Waals surface area contributed by atoms with Crippen LogP contribution >= 0.6 is 0 Å². The van der Waals surface area contributed by atoms with Crippen molar-refractivity contribution in [3.05, 3.63) is 33.0 Å². The Bertz CT molecular complexity index is 1500. The molecule has 1 aliphatic rings. The number of aliphatic hydroxyl groups excluding tert-OH is 3. The highest BCUT2D eigenvalue weighted by atomic mass is 16.7. The molecule has 0 aliphatic carbocycles. The zero-order valence-electron chi connectivity index (χ0n) is 17.1. The van der Waals surface area contributed by atoms with Gasteiger partial charge in [-0.05, 0) is 19.1 Å². The Morgan fingerprint density at radius 2 is 1.48 bits per heavy atom. The molecule has 1 saturated heterocycles. The molecule has 0 spiro atoms. The van der Waals surface area contributed by atoms with Gasteiger partial charge in [-0.3, -0.25) is 0 Å². The van der Waals surface area contributed by atoms with Crippen molar-refractivity contribution in [2.45, 2.75) is 37.6 Å². The lowest BCUT2D eigenvalue weighted by Gasteiger charge is -2.38. The molecule has 12 heteroatoms. The van der Waals surface area contributed by atoms with Gasteiger partial charge in [0.2, 0.25) is 17.8 Å². The Morgan fingerprint density at radius 1 is 0.879 bits per heavy atom. The summed E-state index contributed by atoms with van der Waals surface area (Å²) in [6.45, 7) is 1.43. The summed E-state index contributed by atoms with van der Waals surface area (Å²) < 4.78 is 26.5. The van der Waals surface area contributed by atoms with Gasteiger partial charge in [-0.15, -0.1) is 0 Å². The Balaban J connectivity index is 1.81. The third kappa shape index (κ3) is 2.92. The first-order valence-corrected chi connectivity index (χ1v) is 9.79. The number of hydrogen-bond acceptors (Lipinski definition) is 12. The minimum atomic E-state index is -1.72. The van der Waals surface area contributed by atoms with Gasteiger partial charge in [-0.2, -0.15) is 0 Å². The largest absolute Gasteiger partial charge is 0.504 e. The van der Waals surface area contributed by atoms with E-state index in [1.165, 1.54) is 20.1 Å². The number of phenolic OH excluding ortho intramolecular Hbond substituents is 2. The average Bonchev–Trinajstić information content (AvgIpc) is 2.78. The highest BCUT2D eigenvalue weighted by molar-refractivity contribution is 6.22. The SMILES string of the molecule is COc1cc2c(=O)oc3c(OC4OC(C)C(O)C(O)C4O)c(O)cc4c(=O)oc(c1O)c2c34. The molecule has 0 bridgehead atoms. The summed E-state index contributed by atoms with van der Waals surface area (Å²) in [4.78, 5) is 25.4. The summed E-state index contributed by atoms with van der Waals surface area (Å²) >= 11 is 0. The van der Waals surface area contributed by atoms with Crippen molar-refractivity contribution in [1.29, 1.82) is 0 Å². The number of benzene rings is 2. The van der Waals surface area contributed by atoms with Gasteiger partial charge in [-0.1, -0.05) is 0 Å². The van der Waals surface area contributed by atoms with Gasteiger partial charge in [0.15, 0.2) is 22.7 Å². The van der Waals surface area contributed by atoms with Gasteiger partial charge >= 0.3 is 11.3 Å².